The van der Waals surface area contributed by atoms with Crippen LogP contribution < -0.4 is 0 Å². The molecular formula is C40H27N3. The smallest absolute Gasteiger partial charge is 0.145 e. The van der Waals surface area contributed by atoms with Crippen molar-refractivity contribution in [1.29, 1.82) is 0 Å². The van der Waals surface area contributed by atoms with Crippen molar-refractivity contribution in [1.82, 2.24) is 14.1 Å². The molecule has 2 heterocycles. The molecule has 2 aromatic heterocycles. The van der Waals surface area contributed by atoms with E-state index in [0.717, 1.165) is 22.8 Å². The summed E-state index contributed by atoms with van der Waals surface area (Å²) in [4.78, 5) is 4.95. The molecule has 0 amide bonds. The summed E-state index contributed by atoms with van der Waals surface area (Å²) in [7, 11) is 0. The van der Waals surface area contributed by atoms with Crippen molar-refractivity contribution < 1.29 is 0 Å². The number of fused-ring (bicyclic) bond motifs is 8. The first-order valence-electron chi connectivity index (χ1n) is 14.7. The number of hydrogen-bond donors (Lipinski definition) is 0. The van der Waals surface area contributed by atoms with Crippen LogP contribution in [-0.2, 0) is 0 Å². The number of hydrogen-bond acceptors (Lipinski definition) is 1. The van der Waals surface area contributed by atoms with Gasteiger partial charge in [0.1, 0.15) is 5.82 Å². The lowest BCUT2D eigenvalue weighted by molar-refractivity contribution is 1.02. The standard InChI is InChI=1S/C40H27N3/c1-26-10-8-19-36(37(26)42-25-24-41-40(42)35-18-9-14-27-11-2-5-15-30(27)35)43-38-31-16-6-3-12-28(31)20-22-33(38)34-23-21-29-13-4-7-17-32(29)39(34)43/h2-25H,1H3. The van der Waals surface area contributed by atoms with E-state index in [2.05, 4.69) is 156 Å². The van der Waals surface area contributed by atoms with E-state index in [1.165, 1.54) is 59.7 Å². The number of para-hydroxylation sites is 1. The number of aryl methyl sites for hydroxylation is 1. The average Bonchev–Trinajstić information content (AvgIpc) is 3.67. The fourth-order valence-corrected chi connectivity index (χ4v) is 7.02. The summed E-state index contributed by atoms with van der Waals surface area (Å²) in [5, 5.41) is 9.87. The highest BCUT2D eigenvalue weighted by molar-refractivity contribution is 6.24. The molecule has 0 bridgehead atoms. The third kappa shape index (κ3) is 3.45. The van der Waals surface area contributed by atoms with Crippen LogP contribution in [0.25, 0.3) is 76.9 Å². The second-order valence-corrected chi connectivity index (χ2v) is 11.3. The van der Waals surface area contributed by atoms with Crippen molar-refractivity contribution in [2.45, 2.75) is 6.92 Å². The topological polar surface area (TPSA) is 22.8 Å². The lowest BCUT2D eigenvalue weighted by atomic mass is 10.0. The molecule has 0 unspecified atom stereocenters. The Morgan fingerprint density at radius 2 is 1.05 bits per heavy atom. The van der Waals surface area contributed by atoms with Crippen LogP contribution in [0, 0.1) is 6.92 Å². The van der Waals surface area contributed by atoms with Gasteiger partial charge in [0.05, 0.1) is 22.4 Å². The zero-order valence-electron chi connectivity index (χ0n) is 23.7. The molecule has 0 atom stereocenters. The molecule has 9 aromatic rings. The van der Waals surface area contributed by atoms with Crippen molar-refractivity contribution >= 4 is 54.1 Å². The van der Waals surface area contributed by atoms with E-state index in [9.17, 15) is 0 Å². The monoisotopic (exact) mass is 549 g/mol. The Bertz CT molecular complexity index is 2430. The van der Waals surface area contributed by atoms with Crippen LogP contribution in [0.4, 0.5) is 0 Å². The Hall–Kier alpha value is -5.67. The SMILES string of the molecule is Cc1cccc(-n2c3c4ccccc4ccc3c3ccc4ccccc4c32)c1-n1ccnc1-c1cccc2ccccc12. The van der Waals surface area contributed by atoms with Gasteiger partial charge in [-0.15, -0.1) is 0 Å². The first-order valence-corrected chi connectivity index (χ1v) is 14.7. The Labute approximate surface area is 248 Å². The van der Waals surface area contributed by atoms with Crippen molar-refractivity contribution in [2.24, 2.45) is 0 Å². The molecule has 9 rings (SSSR count). The number of aromatic nitrogens is 3. The highest BCUT2D eigenvalue weighted by atomic mass is 15.1. The molecule has 0 aliphatic heterocycles. The van der Waals surface area contributed by atoms with Gasteiger partial charge in [0.15, 0.2) is 0 Å². The lowest BCUT2D eigenvalue weighted by Crippen LogP contribution is -2.06. The molecule has 7 aromatic carbocycles. The normalized spacial score (nSPS) is 11.8. The third-order valence-electron chi connectivity index (χ3n) is 8.91. The third-order valence-corrected chi connectivity index (χ3v) is 8.91. The summed E-state index contributed by atoms with van der Waals surface area (Å²) in [6.45, 7) is 2.20. The van der Waals surface area contributed by atoms with Gasteiger partial charge in [-0.3, -0.25) is 4.57 Å². The minimum absolute atomic E-state index is 0.933. The van der Waals surface area contributed by atoms with Crippen LogP contribution >= 0.6 is 0 Å². The fourth-order valence-electron chi connectivity index (χ4n) is 7.02. The molecule has 202 valence electrons. The van der Waals surface area contributed by atoms with Crippen molar-refractivity contribution in [3.05, 3.63) is 151 Å². The van der Waals surface area contributed by atoms with Crippen LogP contribution in [0.1, 0.15) is 5.56 Å². The molecule has 0 spiro atoms. The minimum Gasteiger partial charge on any atom is -0.306 e. The summed E-state index contributed by atoms with van der Waals surface area (Å²) in [6.07, 6.45) is 4.02. The second-order valence-electron chi connectivity index (χ2n) is 11.3. The lowest BCUT2D eigenvalue weighted by Gasteiger charge is -2.20. The van der Waals surface area contributed by atoms with Gasteiger partial charge in [0.25, 0.3) is 0 Å². The molecule has 3 heteroatoms. The van der Waals surface area contributed by atoms with Crippen LogP contribution in [0.15, 0.2) is 146 Å². The van der Waals surface area contributed by atoms with Crippen LogP contribution in [0.2, 0.25) is 0 Å². The van der Waals surface area contributed by atoms with Gasteiger partial charge in [-0.1, -0.05) is 127 Å². The maximum absolute atomic E-state index is 4.95. The van der Waals surface area contributed by atoms with Gasteiger partial charge in [-0.2, -0.15) is 0 Å². The molecule has 0 N–H and O–H groups in total. The van der Waals surface area contributed by atoms with Gasteiger partial charge in [0.2, 0.25) is 0 Å². The Morgan fingerprint density at radius 1 is 0.488 bits per heavy atom. The van der Waals surface area contributed by atoms with Gasteiger partial charge < -0.3 is 4.57 Å². The number of imidazole rings is 1. The highest BCUT2D eigenvalue weighted by Crippen LogP contribution is 2.42. The zero-order valence-corrected chi connectivity index (χ0v) is 23.7. The van der Waals surface area contributed by atoms with Gasteiger partial charge >= 0.3 is 0 Å². The quantitative estimate of drug-likeness (QED) is 0.215. The molecule has 0 radical (unpaired) electrons. The molecule has 0 fully saturated rings. The van der Waals surface area contributed by atoms with Crippen LogP contribution in [0.3, 0.4) is 0 Å². The van der Waals surface area contributed by atoms with E-state index >= 15 is 0 Å². The molecule has 0 saturated carbocycles. The van der Waals surface area contributed by atoms with E-state index in [1.54, 1.807) is 0 Å². The summed E-state index contributed by atoms with van der Waals surface area (Å²) in [5.41, 5.74) is 7.02. The second kappa shape index (κ2) is 9.17. The van der Waals surface area contributed by atoms with Gasteiger partial charge in [-0.25, -0.2) is 4.98 Å². The van der Waals surface area contributed by atoms with Crippen molar-refractivity contribution in [2.75, 3.05) is 0 Å². The Kier molecular flexibility index (Phi) is 5.11. The average molecular weight is 550 g/mol. The molecular weight excluding hydrogens is 522 g/mol. The Balaban J connectivity index is 1.45. The number of rotatable bonds is 3. The van der Waals surface area contributed by atoms with E-state index in [1.807, 2.05) is 6.20 Å². The van der Waals surface area contributed by atoms with Crippen LogP contribution in [0.5, 0.6) is 0 Å². The molecule has 0 aliphatic carbocycles. The summed E-state index contributed by atoms with van der Waals surface area (Å²) >= 11 is 0. The van der Waals surface area contributed by atoms with Gasteiger partial charge in [0, 0.05) is 39.5 Å². The van der Waals surface area contributed by atoms with E-state index < -0.39 is 0 Å². The number of nitrogens with zero attached hydrogens (tertiary/aromatic N) is 3. The molecule has 43 heavy (non-hydrogen) atoms. The predicted molar refractivity (Wildman–Crippen MR) is 181 cm³/mol. The largest absolute Gasteiger partial charge is 0.306 e. The van der Waals surface area contributed by atoms with E-state index in [-0.39, 0.29) is 0 Å². The first-order chi connectivity index (χ1) is 21.3. The summed E-state index contributed by atoms with van der Waals surface area (Å²) < 4.78 is 4.78. The molecule has 3 nitrogen and oxygen atoms in total. The maximum atomic E-state index is 4.95. The van der Waals surface area contributed by atoms with E-state index in [0.29, 0.717) is 0 Å². The van der Waals surface area contributed by atoms with Gasteiger partial charge in [-0.05, 0) is 40.1 Å². The maximum Gasteiger partial charge on any atom is 0.145 e. The first kappa shape index (κ1) is 24.0. The zero-order chi connectivity index (χ0) is 28.5. The minimum atomic E-state index is 0.933. The summed E-state index contributed by atoms with van der Waals surface area (Å²) in [5.74, 6) is 0.933. The molecule has 0 aliphatic rings. The highest BCUT2D eigenvalue weighted by Gasteiger charge is 2.22. The summed E-state index contributed by atoms with van der Waals surface area (Å²) in [6, 6.07) is 48.2. The van der Waals surface area contributed by atoms with E-state index in [4.69, 9.17) is 4.98 Å². The van der Waals surface area contributed by atoms with Crippen molar-refractivity contribution in [3.63, 3.8) is 0 Å². The molecule has 0 saturated heterocycles. The predicted octanol–water partition coefficient (Wildman–Crippen LogP) is 10.4. The van der Waals surface area contributed by atoms with Crippen LogP contribution in [-0.4, -0.2) is 14.1 Å². The Morgan fingerprint density at radius 3 is 1.72 bits per heavy atom. The van der Waals surface area contributed by atoms with Crippen molar-refractivity contribution in [3.8, 4) is 22.8 Å². The number of benzene rings is 7. The fraction of sp³-hybridized carbons (Fsp3) is 0.0250.